The first-order valence-electron chi connectivity index (χ1n) is 5.87. The van der Waals surface area contributed by atoms with Crippen LogP contribution in [0.15, 0.2) is 18.2 Å². The summed E-state index contributed by atoms with van der Waals surface area (Å²) >= 11 is 0. The highest BCUT2D eigenvalue weighted by Gasteiger charge is 2.08. The van der Waals surface area contributed by atoms with Crippen LogP contribution < -0.4 is 10.5 Å². The average Bonchev–Trinajstić information content (AvgIpc) is 2.35. The number of amides is 1. The van der Waals surface area contributed by atoms with Gasteiger partial charge in [0.2, 0.25) is 5.91 Å². The van der Waals surface area contributed by atoms with Crippen molar-refractivity contribution in [3.05, 3.63) is 23.8 Å². The second kappa shape index (κ2) is 6.63. The van der Waals surface area contributed by atoms with E-state index in [4.69, 9.17) is 15.6 Å². The molecule has 0 aliphatic rings. The second-order valence-electron chi connectivity index (χ2n) is 4.30. The molecule has 0 radical (unpaired) electrons. The summed E-state index contributed by atoms with van der Waals surface area (Å²) in [5.41, 5.74) is 6.08. The van der Waals surface area contributed by atoms with Crippen molar-refractivity contribution in [1.82, 2.24) is 4.90 Å². The maximum atomic E-state index is 11.3. The molecule has 1 rings (SSSR count). The molecule has 0 saturated heterocycles. The Kier molecular flexibility index (Phi) is 5.17. The van der Waals surface area contributed by atoms with E-state index in [-0.39, 0.29) is 17.2 Å². The molecule has 3 N–H and O–H groups in total. The highest BCUT2D eigenvalue weighted by Crippen LogP contribution is 2.22. The van der Waals surface area contributed by atoms with E-state index in [0.717, 1.165) is 0 Å². The SMILES string of the molecule is CN(C)C(=O)CCCOc1ccc(C(=O)O)cc1N. The van der Waals surface area contributed by atoms with Crippen molar-refractivity contribution in [3.63, 3.8) is 0 Å². The zero-order valence-electron chi connectivity index (χ0n) is 11.0. The first-order chi connectivity index (χ1) is 8.91. The van der Waals surface area contributed by atoms with Gasteiger partial charge in [-0.2, -0.15) is 0 Å². The Labute approximate surface area is 111 Å². The number of ether oxygens (including phenoxy) is 1. The predicted octanol–water partition coefficient (Wildman–Crippen LogP) is 1.21. The molecule has 6 heteroatoms. The summed E-state index contributed by atoms with van der Waals surface area (Å²) in [7, 11) is 3.40. The fourth-order valence-electron chi connectivity index (χ4n) is 1.44. The quantitative estimate of drug-likeness (QED) is 0.596. The van der Waals surface area contributed by atoms with Gasteiger partial charge in [0.1, 0.15) is 5.75 Å². The van der Waals surface area contributed by atoms with Crippen LogP contribution in [0.5, 0.6) is 5.75 Å². The summed E-state index contributed by atoms with van der Waals surface area (Å²) in [4.78, 5) is 23.6. The van der Waals surface area contributed by atoms with Gasteiger partial charge in [-0.15, -0.1) is 0 Å². The van der Waals surface area contributed by atoms with Crippen molar-refractivity contribution >= 4 is 17.6 Å². The molecule has 1 amide bonds. The largest absolute Gasteiger partial charge is 0.491 e. The van der Waals surface area contributed by atoms with E-state index in [1.807, 2.05) is 0 Å². The van der Waals surface area contributed by atoms with Gasteiger partial charge in [0.05, 0.1) is 17.9 Å². The maximum absolute atomic E-state index is 11.3. The van der Waals surface area contributed by atoms with Gasteiger partial charge in [0, 0.05) is 20.5 Å². The fraction of sp³-hybridized carbons (Fsp3) is 0.385. The van der Waals surface area contributed by atoms with Crippen LogP contribution in [0.4, 0.5) is 5.69 Å². The number of aromatic carboxylic acids is 1. The van der Waals surface area contributed by atoms with Crippen LogP contribution in [0.2, 0.25) is 0 Å². The van der Waals surface area contributed by atoms with Gasteiger partial charge in [0.15, 0.2) is 0 Å². The van der Waals surface area contributed by atoms with Crippen LogP contribution in [0.3, 0.4) is 0 Å². The molecule has 0 fully saturated rings. The summed E-state index contributed by atoms with van der Waals surface area (Å²) in [6, 6.07) is 4.30. The lowest BCUT2D eigenvalue weighted by Crippen LogP contribution is -2.21. The van der Waals surface area contributed by atoms with Crippen molar-refractivity contribution in [2.75, 3.05) is 26.4 Å². The van der Waals surface area contributed by atoms with Gasteiger partial charge >= 0.3 is 5.97 Å². The molecule has 0 atom stereocenters. The average molecular weight is 266 g/mol. The summed E-state index contributed by atoms with van der Waals surface area (Å²) in [5, 5.41) is 8.79. The van der Waals surface area contributed by atoms with Crippen molar-refractivity contribution in [2.45, 2.75) is 12.8 Å². The number of rotatable bonds is 6. The zero-order chi connectivity index (χ0) is 14.4. The maximum Gasteiger partial charge on any atom is 0.335 e. The van der Waals surface area contributed by atoms with Crippen LogP contribution in [-0.2, 0) is 4.79 Å². The van der Waals surface area contributed by atoms with Crippen LogP contribution in [0.1, 0.15) is 23.2 Å². The van der Waals surface area contributed by atoms with Crippen LogP contribution in [0, 0.1) is 0 Å². The number of hydrogen-bond donors (Lipinski definition) is 2. The molecule has 0 aromatic heterocycles. The van der Waals surface area contributed by atoms with E-state index in [1.54, 1.807) is 14.1 Å². The molecule has 0 aliphatic heterocycles. The van der Waals surface area contributed by atoms with E-state index < -0.39 is 5.97 Å². The molecule has 0 bridgehead atoms. The Morgan fingerprint density at radius 2 is 2.05 bits per heavy atom. The van der Waals surface area contributed by atoms with E-state index in [0.29, 0.717) is 25.2 Å². The highest BCUT2D eigenvalue weighted by atomic mass is 16.5. The molecule has 19 heavy (non-hydrogen) atoms. The monoisotopic (exact) mass is 266 g/mol. The first-order valence-corrected chi connectivity index (χ1v) is 5.87. The van der Waals surface area contributed by atoms with E-state index in [1.165, 1.54) is 23.1 Å². The van der Waals surface area contributed by atoms with Crippen LogP contribution in [0.25, 0.3) is 0 Å². The fourth-order valence-corrected chi connectivity index (χ4v) is 1.44. The van der Waals surface area contributed by atoms with Crippen molar-refractivity contribution in [3.8, 4) is 5.75 Å². The minimum atomic E-state index is -1.03. The minimum absolute atomic E-state index is 0.0396. The van der Waals surface area contributed by atoms with Gasteiger partial charge in [-0.25, -0.2) is 4.79 Å². The molecule has 0 saturated carbocycles. The highest BCUT2D eigenvalue weighted by molar-refractivity contribution is 5.89. The van der Waals surface area contributed by atoms with Gasteiger partial charge in [-0.1, -0.05) is 0 Å². The Morgan fingerprint density at radius 3 is 2.58 bits per heavy atom. The van der Waals surface area contributed by atoms with Crippen LogP contribution in [-0.4, -0.2) is 42.6 Å². The second-order valence-corrected chi connectivity index (χ2v) is 4.30. The number of nitrogens with zero attached hydrogens (tertiary/aromatic N) is 1. The number of carboxylic acids is 1. The number of nitrogens with two attached hydrogens (primary N) is 1. The molecule has 0 unspecified atom stereocenters. The first kappa shape index (κ1) is 14.8. The van der Waals surface area contributed by atoms with E-state index >= 15 is 0 Å². The van der Waals surface area contributed by atoms with Crippen LogP contribution >= 0.6 is 0 Å². The third kappa shape index (κ3) is 4.50. The van der Waals surface area contributed by atoms with Gasteiger partial charge in [0.25, 0.3) is 0 Å². The third-order valence-corrected chi connectivity index (χ3v) is 2.55. The van der Waals surface area contributed by atoms with Gasteiger partial charge in [-0.3, -0.25) is 4.79 Å². The molecule has 0 spiro atoms. The van der Waals surface area contributed by atoms with Crippen molar-refractivity contribution in [2.24, 2.45) is 0 Å². The number of hydrogen-bond acceptors (Lipinski definition) is 4. The molecule has 1 aromatic carbocycles. The lowest BCUT2D eigenvalue weighted by atomic mass is 10.2. The number of nitrogen functional groups attached to an aromatic ring is 1. The number of carboxylic acid groups (broad SMARTS) is 1. The molecule has 0 aliphatic carbocycles. The molecular formula is C13H18N2O4. The standard InChI is InChI=1S/C13H18N2O4/c1-15(2)12(16)4-3-7-19-11-6-5-9(13(17)18)8-10(11)14/h5-6,8H,3-4,7,14H2,1-2H3,(H,17,18). The Morgan fingerprint density at radius 1 is 1.37 bits per heavy atom. The summed E-state index contributed by atoms with van der Waals surface area (Å²) < 4.78 is 5.41. The molecular weight excluding hydrogens is 248 g/mol. The molecule has 1 aromatic rings. The normalized spacial score (nSPS) is 10.0. The molecule has 0 heterocycles. The number of benzene rings is 1. The Hall–Kier alpha value is -2.24. The topological polar surface area (TPSA) is 92.9 Å². The molecule has 104 valence electrons. The van der Waals surface area contributed by atoms with E-state index in [9.17, 15) is 9.59 Å². The van der Waals surface area contributed by atoms with Gasteiger partial charge in [-0.05, 0) is 24.6 Å². The minimum Gasteiger partial charge on any atom is -0.491 e. The lowest BCUT2D eigenvalue weighted by molar-refractivity contribution is -0.128. The Balaban J connectivity index is 2.46. The predicted molar refractivity (Wildman–Crippen MR) is 71.2 cm³/mol. The Bertz CT molecular complexity index is 472. The zero-order valence-corrected chi connectivity index (χ0v) is 11.0. The number of carbonyl (C=O) groups excluding carboxylic acids is 1. The number of carbonyl (C=O) groups is 2. The van der Waals surface area contributed by atoms with Crippen molar-refractivity contribution < 1.29 is 19.4 Å². The lowest BCUT2D eigenvalue weighted by Gasteiger charge is -2.11. The van der Waals surface area contributed by atoms with Crippen molar-refractivity contribution in [1.29, 1.82) is 0 Å². The summed E-state index contributed by atoms with van der Waals surface area (Å²) in [6.07, 6.45) is 0.983. The third-order valence-electron chi connectivity index (χ3n) is 2.55. The van der Waals surface area contributed by atoms with E-state index in [2.05, 4.69) is 0 Å². The smallest absolute Gasteiger partial charge is 0.335 e. The molecule has 6 nitrogen and oxygen atoms in total. The summed E-state index contributed by atoms with van der Waals surface area (Å²) in [5.74, 6) is -0.560. The van der Waals surface area contributed by atoms with Gasteiger partial charge < -0.3 is 20.5 Å². The summed E-state index contributed by atoms with van der Waals surface area (Å²) in [6.45, 7) is 0.357. The number of anilines is 1.